The fraction of sp³-hybridized carbons (Fsp3) is 0.500. The Morgan fingerprint density at radius 3 is 2.60 bits per heavy atom. The van der Waals surface area contributed by atoms with Gasteiger partial charge in [-0.05, 0) is 29.7 Å². The lowest BCUT2D eigenvalue weighted by Crippen LogP contribution is -2.37. The van der Waals surface area contributed by atoms with E-state index in [1.807, 2.05) is 24.3 Å². The van der Waals surface area contributed by atoms with Crippen molar-refractivity contribution in [1.29, 1.82) is 10.5 Å². The van der Waals surface area contributed by atoms with E-state index in [4.69, 9.17) is 10.5 Å². The van der Waals surface area contributed by atoms with Crippen LogP contribution in [0.5, 0.6) is 0 Å². The van der Waals surface area contributed by atoms with Crippen LogP contribution in [0.4, 0.5) is 5.69 Å². The predicted octanol–water partition coefficient (Wildman–Crippen LogP) is 2.28. The van der Waals surface area contributed by atoms with Crippen molar-refractivity contribution in [3.05, 3.63) is 29.8 Å². The number of rotatable bonds is 2. The normalized spacial score (nSPS) is 21.6. The van der Waals surface area contributed by atoms with E-state index in [9.17, 15) is 0 Å². The lowest BCUT2D eigenvalue weighted by Gasteiger charge is -2.31. The third kappa shape index (κ3) is 3.50. The van der Waals surface area contributed by atoms with Gasteiger partial charge in [0.2, 0.25) is 0 Å². The molecule has 0 amide bonds. The summed E-state index contributed by atoms with van der Waals surface area (Å²) in [5.74, 6) is 0. The van der Waals surface area contributed by atoms with Gasteiger partial charge in [-0.15, -0.1) is 0 Å². The third-order valence-electron chi connectivity index (χ3n) is 3.63. The Kier molecular flexibility index (Phi) is 4.27. The Balaban J connectivity index is 2.22. The number of nitrogens with one attached hydrogen (secondary N) is 1. The van der Waals surface area contributed by atoms with E-state index >= 15 is 0 Å². The Hall–Kier alpha value is -2.04. The second-order valence-electron chi connectivity index (χ2n) is 6.14. The lowest BCUT2D eigenvalue weighted by molar-refractivity contribution is 0.360. The molecule has 0 radical (unpaired) electrons. The zero-order valence-corrected chi connectivity index (χ0v) is 12.1. The lowest BCUT2D eigenvalue weighted by atomic mass is 9.93. The van der Waals surface area contributed by atoms with E-state index in [1.54, 1.807) is 0 Å². The predicted molar refractivity (Wildman–Crippen MR) is 79.2 cm³/mol. The Bertz CT molecular complexity index is 533. The summed E-state index contributed by atoms with van der Waals surface area (Å²) in [6, 6.07) is 12.3. The molecule has 0 saturated carbocycles. The number of anilines is 1. The van der Waals surface area contributed by atoms with Gasteiger partial charge in [-0.3, -0.25) is 0 Å². The van der Waals surface area contributed by atoms with Crippen molar-refractivity contribution in [1.82, 2.24) is 5.32 Å². The summed E-state index contributed by atoms with van der Waals surface area (Å²) in [7, 11) is 0. The molecule has 20 heavy (non-hydrogen) atoms. The molecule has 0 aromatic heterocycles. The molecule has 1 N–H and O–H groups in total. The summed E-state index contributed by atoms with van der Waals surface area (Å²) in [5, 5.41) is 21.3. The van der Waals surface area contributed by atoms with Gasteiger partial charge in [0.05, 0.1) is 24.1 Å². The number of benzene rings is 1. The summed E-state index contributed by atoms with van der Waals surface area (Å²) in [4.78, 5) is 2.31. The van der Waals surface area contributed by atoms with Crippen LogP contribution in [0.25, 0.3) is 0 Å². The van der Waals surface area contributed by atoms with Crippen molar-refractivity contribution in [2.75, 3.05) is 24.5 Å². The van der Waals surface area contributed by atoms with Crippen LogP contribution in [0.15, 0.2) is 24.3 Å². The van der Waals surface area contributed by atoms with Gasteiger partial charge < -0.3 is 10.2 Å². The van der Waals surface area contributed by atoms with Gasteiger partial charge in [-0.2, -0.15) is 10.5 Å². The summed E-state index contributed by atoms with van der Waals surface area (Å²) >= 11 is 0. The molecule has 1 aliphatic heterocycles. The van der Waals surface area contributed by atoms with Crippen LogP contribution in [0.3, 0.4) is 0 Å². The van der Waals surface area contributed by atoms with E-state index < -0.39 is 0 Å². The molecular weight excluding hydrogens is 248 g/mol. The zero-order valence-electron chi connectivity index (χ0n) is 12.1. The molecule has 4 heteroatoms. The minimum atomic E-state index is 0.151. The average Bonchev–Trinajstić information content (AvgIpc) is 2.58. The highest BCUT2D eigenvalue weighted by Crippen LogP contribution is 2.25. The minimum Gasteiger partial charge on any atom is -0.369 e. The molecular formula is C16H20N4. The smallest absolute Gasteiger partial charge is 0.0991 e. The second kappa shape index (κ2) is 5.94. The SMILES string of the molecule is CC1(C)CNC(CC#N)CN(c2ccc(C#N)cc2)C1. The van der Waals surface area contributed by atoms with Crippen molar-refractivity contribution in [3.8, 4) is 12.1 Å². The van der Waals surface area contributed by atoms with Crippen molar-refractivity contribution >= 4 is 5.69 Å². The molecule has 0 bridgehead atoms. The number of hydrogen-bond donors (Lipinski definition) is 1. The first kappa shape index (κ1) is 14.4. The molecule has 0 spiro atoms. The van der Waals surface area contributed by atoms with Gasteiger partial charge in [-0.1, -0.05) is 13.8 Å². The highest BCUT2D eigenvalue weighted by molar-refractivity contribution is 5.50. The van der Waals surface area contributed by atoms with Gasteiger partial charge in [0.25, 0.3) is 0 Å². The maximum absolute atomic E-state index is 8.92. The molecule has 0 aliphatic carbocycles. The van der Waals surface area contributed by atoms with Crippen molar-refractivity contribution in [3.63, 3.8) is 0 Å². The van der Waals surface area contributed by atoms with Crippen LogP contribution >= 0.6 is 0 Å². The second-order valence-corrected chi connectivity index (χ2v) is 6.14. The molecule has 1 heterocycles. The van der Waals surface area contributed by atoms with Gasteiger partial charge in [0.1, 0.15) is 0 Å². The minimum absolute atomic E-state index is 0.151. The topological polar surface area (TPSA) is 62.9 Å². The van der Waals surface area contributed by atoms with E-state index in [-0.39, 0.29) is 11.5 Å². The highest BCUT2D eigenvalue weighted by Gasteiger charge is 2.28. The molecule has 1 aromatic rings. The molecule has 1 aromatic carbocycles. The van der Waals surface area contributed by atoms with Crippen LogP contribution in [-0.2, 0) is 0 Å². The van der Waals surface area contributed by atoms with Gasteiger partial charge in [0, 0.05) is 31.4 Å². The largest absolute Gasteiger partial charge is 0.369 e. The summed E-state index contributed by atoms with van der Waals surface area (Å²) in [5.41, 5.74) is 1.94. The van der Waals surface area contributed by atoms with Crippen LogP contribution in [0, 0.1) is 28.1 Å². The van der Waals surface area contributed by atoms with Crippen molar-refractivity contribution < 1.29 is 0 Å². The number of hydrogen-bond acceptors (Lipinski definition) is 4. The first-order valence-electron chi connectivity index (χ1n) is 6.89. The van der Waals surface area contributed by atoms with Crippen molar-refractivity contribution in [2.45, 2.75) is 26.3 Å². The fourth-order valence-corrected chi connectivity index (χ4v) is 2.58. The summed E-state index contributed by atoms with van der Waals surface area (Å²) in [6.07, 6.45) is 0.517. The molecule has 2 rings (SSSR count). The molecule has 1 aliphatic rings. The molecule has 1 saturated heterocycles. The van der Waals surface area contributed by atoms with E-state index in [0.717, 1.165) is 25.3 Å². The monoisotopic (exact) mass is 268 g/mol. The maximum Gasteiger partial charge on any atom is 0.0991 e. The molecule has 104 valence electrons. The number of nitrogens with zero attached hydrogens (tertiary/aromatic N) is 3. The first-order chi connectivity index (χ1) is 9.54. The van der Waals surface area contributed by atoms with Crippen molar-refractivity contribution in [2.24, 2.45) is 5.41 Å². The van der Waals surface area contributed by atoms with E-state index in [2.05, 4.69) is 36.2 Å². The summed E-state index contributed by atoms with van der Waals surface area (Å²) < 4.78 is 0. The van der Waals surface area contributed by atoms with Gasteiger partial charge in [-0.25, -0.2) is 0 Å². The zero-order chi connectivity index (χ0) is 14.6. The molecule has 4 nitrogen and oxygen atoms in total. The van der Waals surface area contributed by atoms with Crippen LogP contribution in [-0.4, -0.2) is 25.7 Å². The molecule has 1 atom stereocenters. The fourth-order valence-electron chi connectivity index (χ4n) is 2.58. The quantitative estimate of drug-likeness (QED) is 0.893. The first-order valence-corrected chi connectivity index (χ1v) is 6.89. The molecule has 1 fully saturated rings. The third-order valence-corrected chi connectivity index (χ3v) is 3.63. The van der Waals surface area contributed by atoms with Crippen LogP contribution in [0.2, 0.25) is 0 Å². The van der Waals surface area contributed by atoms with E-state index in [0.29, 0.717) is 12.0 Å². The standard InChI is InChI=1S/C16H20N4/c1-16(2)11-19-14(7-8-17)10-20(12-16)15-5-3-13(9-18)4-6-15/h3-6,14,19H,7,10-12H2,1-2H3. The Labute approximate surface area is 120 Å². The summed E-state index contributed by atoms with van der Waals surface area (Å²) in [6.45, 7) is 7.12. The number of nitriles is 2. The van der Waals surface area contributed by atoms with E-state index in [1.165, 1.54) is 0 Å². The van der Waals surface area contributed by atoms with Gasteiger partial charge >= 0.3 is 0 Å². The Morgan fingerprint density at radius 1 is 1.30 bits per heavy atom. The molecule has 1 unspecified atom stereocenters. The average molecular weight is 268 g/mol. The van der Waals surface area contributed by atoms with Gasteiger partial charge in [0.15, 0.2) is 0 Å². The highest BCUT2D eigenvalue weighted by atomic mass is 15.2. The van der Waals surface area contributed by atoms with Crippen LogP contribution in [0.1, 0.15) is 25.8 Å². The maximum atomic E-state index is 8.92. The Morgan fingerprint density at radius 2 is 2.00 bits per heavy atom. The van der Waals surface area contributed by atoms with Crippen LogP contribution < -0.4 is 10.2 Å².